The molecule has 3 N–H and O–H groups in total. The monoisotopic (exact) mass is 222 g/mol. The highest BCUT2D eigenvalue weighted by atomic mass is 32.2. The Kier molecular flexibility index (Phi) is 3.54. The van der Waals surface area contributed by atoms with Gasteiger partial charge in [-0.1, -0.05) is 0 Å². The van der Waals surface area contributed by atoms with E-state index in [2.05, 4.69) is 23.5 Å². The van der Waals surface area contributed by atoms with Gasteiger partial charge in [-0.25, -0.2) is 0 Å². The lowest BCUT2D eigenvalue weighted by Crippen LogP contribution is -2.25. The zero-order valence-corrected chi connectivity index (χ0v) is 9.94. The smallest absolute Gasteiger partial charge is 0.0344 e. The fourth-order valence-corrected chi connectivity index (χ4v) is 2.77. The van der Waals surface area contributed by atoms with E-state index in [-0.39, 0.29) is 6.04 Å². The zero-order valence-electron chi connectivity index (χ0n) is 9.12. The summed E-state index contributed by atoms with van der Waals surface area (Å²) in [7, 11) is 0. The van der Waals surface area contributed by atoms with E-state index in [0.29, 0.717) is 0 Å². The van der Waals surface area contributed by atoms with Crippen molar-refractivity contribution in [2.24, 2.45) is 5.73 Å². The van der Waals surface area contributed by atoms with Crippen LogP contribution in [-0.4, -0.2) is 18.3 Å². The van der Waals surface area contributed by atoms with E-state index in [0.717, 1.165) is 6.54 Å². The molecule has 0 aliphatic carbocycles. The summed E-state index contributed by atoms with van der Waals surface area (Å²) in [5.74, 6) is 1.26. The molecule has 0 radical (unpaired) electrons. The van der Waals surface area contributed by atoms with Crippen LogP contribution >= 0.6 is 11.8 Å². The van der Waals surface area contributed by atoms with Gasteiger partial charge in [-0.3, -0.25) is 0 Å². The summed E-state index contributed by atoms with van der Waals surface area (Å²) < 4.78 is 0. The molecule has 0 amide bonds. The Morgan fingerprint density at radius 2 is 2.40 bits per heavy atom. The van der Waals surface area contributed by atoms with Crippen LogP contribution < -0.4 is 11.1 Å². The molecule has 1 aromatic carbocycles. The normalized spacial score (nSPS) is 16.9. The van der Waals surface area contributed by atoms with Crippen LogP contribution in [0.2, 0.25) is 0 Å². The lowest BCUT2D eigenvalue weighted by Gasteiger charge is -2.17. The molecule has 0 bridgehead atoms. The fraction of sp³-hybridized carbons (Fsp3) is 0.500. The quantitative estimate of drug-likeness (QED) is 0.825. The van der Waals surface area contributed by atoms with Crippen molar-refractivity contribution in [2.45, 2.75) is 30.7 Å². The average Bonchev–Trinajstić information content (AvgIpc) is 2.26. The number of benzene rings is 1. The van der Waals surface area contributed by atoms with Gasteiger partial charge in [0.15, 0.2) is 0 Å². The fourth-order valence-electron chi connectivity index (χ4n) is 1.75. The largest absolute Gasteiger partial charge is 0.383 e. The van der Waals surface area contributed by atoms with E-state index in [9.17, 15) is 0 Å². The Balaban J connectivity index is 2.07. The van der Waals surface area contributed by atoms with Crippen molar-refractivity contribution in [2.75, 3.05) is 17.6 Å². The summed E-state index contributed by atoms with van der Waals surface area (Å²) in [5, 5.41) is 3.36. The molecule has 82 valence electrons. The summed E-state index contributed by atoms with van der Waals surface area (Å²) in [4.78, 5) is 1.45. The summed E-state index contributed by atoms with van der Waals surface area (Å²) in [6.45, 7) is 2.85. The first-order valence-electron chi connectivity index (χ1n) is 5.51. The highest BCUT2D eigenvalue weighted by Gasteiger charge is 2.09. The van der Waals surface area contributed by atoms with Crippen LogP contribution in [0.5, 0.6) is 0 Å². The number of thioether (sulfide) groups is 1. The molecule has 0 fully saturated rings. The van der Waals surface area contributed by atoms with Gasteiger partial charge in [-0.2, -0.15) is 0 Å². The van der Waals surface area contributed by atoms with Gasteiger partial charge in [-0.15, -0.1) is 11.8 Å². The standard InChI is InChI=1S/C12H18N2S/c1-9(13)8-14-11-4-5-12-10(7-11)3-2-6-15-12/h4-5,7,9,14H,2-3,6,8,13H2,1H3. The van der Waals surface area contributed by atoms with E-state index in [1.807, 2.05) is 18.7 Å². The van der Waals surface area contributed by atoms with E-state index in [4.69, 9.17) is 5.73 Å². The number of anilines is 1. The second-order valence-electron chi connectivity index (χ2n) is 4.13. The lowest BCUT2D eigenvalue weighted by molar-refractivity contribution is 0.779. The Morgan fingerprint density at radius 3 is 3.20 bits per heavy atom. The number of nitrogens with one attached hydrogen (secondary N) is 1. The summed E-state index contributed by atoms with van der Waals surface area (Å²) in [6, 6.07) is 6.85. The Labute approximate surface area is 95.6 Å². The molecule has 3 heteroatoms. The van der Waals surface area contributed by atoms with E-state index < -0.39 is 0 Å². The van der Waals surface area contributed by atoms with Gasteiger partial charge in [0.05, 0.1) is 0 Å². The molecule has 1 aromatic rings. The molecule has 1 aliphatic heterocycles. The third kappa shape index (κ3) is 2.89. The number of hydrogen-bond donors (Lipinski definition) is 2. The second kappa shape index (κ2) is 4.90. The van der Waals surface area contributed by atoms with Crippen molar-refractivity contribution in [3.63, 3.8) is 0 Å². The van der Waals surface area contributed by atoms with Crippen LogP contribution in [0.3, 0.4) is 0 Å². The molecule has 1 aliphatic rings. The highest BCUT2D eigenvalue weighted by Crippen LogP contribution is 2.31. The van der Waals surface area contributed by atoms with Crippen molar-refractivity contribution in [1.82, 2.24) is 0 Å². The van der Waals surface area contributed by atoms with Crippen molar-refractivity contribution >= 4 is 17.4 Å². The van der Waals surface area contributed by atoms with Crippen molar-refractivity contribution in [1.29, 1.82) is 0 Å². The first-order valence-corrected chi connectivity index (χ1v) is 6.49. The molecule has 2 nitrogen and oxygen atoms in total. The predicted molar refractivity (Wildman–Crippen MR) is 67.6 cm³/mol. The number of nitrogens with two attached hydrogens (primary N) is 1. The second-order valence-corrected chi connectivity index (χ2v) is 5.27. The topological polar surface area (TPSA) is 38.0 Å². The van der Waals surface area contributed by atoms with Gasteiger partial charge in [0.1, 0.15) is 0 Å². The van der Waals surface area contributed by atoms with Crippen LogP contribution in [-0.2, 0) is 6.42 Å². The van der Waals surface area contributed by atoms with Crippen LogP contribution in [0.4, 0.5) is 5.69 Å². The Hall–Kier alpha value is -0.670. The van der Waals surface area contributed by atoms with Crippen LogP contribution in [0.1, 0.15) is 18.9 Å². The highest BCUT2D eigenvalue weighted by molar-refractivity contribution is 7.99. The van der Waals surface area contributed by atoms with E-state index in [1.165, 1.54) is 34.7 Å². The molecule has 15 heavy (non-hydrogen) atoms. The number of rotatable bonds is 3. The van der Waals surface area contributed by atoms with Crippen molar-refractivity contribution in [3.05, 3.63) is 23.8 Å². The van der Waals surface area contributed by atoms with Gasteiger partial charge in [0.2, 0.25) is 0 Å². The molecule has 0 spiro atoms. The van der Waals surface area contributed by atoms with Crippen molar-refractivity contribution < 1.29 is 0 Å². The molecule has 1 unspecified atom stereocenters. The van der Waals surface area contributed by atoms with Crippen molar-refractivity contribution in [3.8, 4) is 0 Å². The zero-order chi connectivity index (χ0) is 10.7. The maximum atomic E-state index is 5.71. The first kappa shape index (κ1) is 10.8. The number of hydrogen-bond acceptors (Lipinski definition) is 3. The molecular weight excluding hydrogens is 204 g/mol. The Morgan fingerprint density at radius 1 is 1.53 bits per heavy atom. The predicted octanol–water partition coefficient (Wildman–Crippen LogP) is 2.48. The van der Waals surface area contributed by atoms with Crippen LogP contribution in [0.25, 0.3) is 0 Å². The summed E-state index contributed by atoms with van der Waals surface area (Å²) in [5.41, 5.74) is 8.40. The average molecular weight is 222 g/mol. The molecular formula is C12H18N2S. The van der Waals surface area contributed by atoms with Gasteiger partial charge < -0.3 is 11.1 Å². The summed E-state index contributed by atoms with van der Waals surface area (Å²) in [6.07, 6.45) is 2.52. The molecule has 0 saturated heterocycles. The SMILES string of the molecule is CC(N)CNc1ccc2c(c1)CCCS2. The summed E-state index contributed by atoms with van der Waals surface area (Å²) >= 11 is 1.97. The minimum atomic E-state index is 0.204. The van der Waals surface area contributed by atoms with Gasteiger partial charge >= 0.3 is 0 Å². The van der Waals surface area contributed by atoms with Crippen LogP contribution in [0.15, 0.2) is 23.1 Å². The van der Waals surface area contributed by atoms with Gasteiger partial charge in [0, 0.05) is 23.2 Å². The third-order valence-corrected chi connectivity index (χ3v) is 3.74. The molecule has 2 rings (SSSR count). The third-order valence-electron chi connectivity index (χ3n) is 2.54. The molecule has 1 heterocycles. The van der Waals surface area contributed by atoms with Gasteiger partial charge in [-0.05, 0) is 49.3 Å². The lowest BCUT2D eigenvalue weighted by atomic mass is 10.1. The van der Waals surface area contributed by atoms with Gasteiger partial charge in [0.25, 0.3) is 0 Å². The van der Waals surface area contributed by atoms with E-state index >= 15 is 0 Å². The maximum absolute atomic E-state index is 5.71. The number of fused-ring (bicyclic) bond motifs is 1. The minimum absolute atomic E-state index is 0.204. The minimum Gasteiger partial charge on any atom is -0.383 e. The molecule has 1 atom stereocenters. The molecule has 0 saturated carbocycles. The number of aryl methyl sites for hydroxylation is 1. The first-order chi connectivity index (χ1) is 7.25. The Bertz CT molecular complexity index is 336. The maximum Gasteiger partial charge on any atom is 0.0344 e. The van der Waals surface area contributed by atoms with E-state index in [1.54, 1.807) is 0 Å². The molecule has 0 aromatic heterocycles. The van der Waals surface area contributed by atoms with Crippen LogP contribution in [0, 0.1) is 0 Å².